The molecule has 4 N–H and O–H groups in total. The van der Waals surface area contributed by atoms with Gasteiger partial charge in [0.2, 0.25) is 5.95 Å². The summed E-state index contributed by atoms with van der Waals surface area (Å²) in [4.78, 5) is 8.81. The highest BCUT2D eigenvalue weighted by Crippen LogP contribution is 2.36. The average Bonchev–Trinajstić information content (AvgIpc) is 3.21. The second kappa shape index (κ2) is 7.30. The van der Waals surface area contributed by atoms with Crippen LogP contribution in [0.2, 0.25) is 5.02 Å². The molecule has 0 amide bonds. The first-order chi connectivity index (χ1) is 14.1. The van der Waals surface area contributed by atoms with Crippen LogP contribution in [-0.2, 0) is 12.8 Å². The van der Waals surface area contributed by atoms with Gasteiger partial charge in [-0.05, 0) is 22.3 Å². The van der Waals surface area contributed by atoms with Gasteiger partial charge >= 0.3 is 0 Å². The third kappa shape index (κ3) is 3.33. The summed E-state index contributed by atoms with van der Waals surface area (Å²) in [6, 6.07) is 15.3. The van der Waals surface area contributed by atoms with Crippen molar-refractivity contribution in [2.75, 3.05) is 10.6 Å². The van der Waals surface area contributed by atoms with Crippen molar-refractivity contribution < 1.29 is 10.2 Å². The molecule has 0 bridgehead atoms. The lowest BCUT2D eigenvalue weighted by Gasteiger charge is -2.21. The fourth-order valence-electron chi connectivity index (χ4n) is 4.32. The van der Waals surface area contributed by atoms with Gasteiger partial charge in [0.1, 0.15) is 5.02 Å². The highest BCUT2D eigenvalue weighted by atomic mass is 35.5. The molecule has 7 heteroatoms. The number of nitrogens with zero attached hydrogens (tertiary/aromatic N) is 2. The number of fused-ring (bicyclic) bond motifs is 2. The van der Waals surface area contributed by atoms with Gasteiger partial charge in [0.15, 0.2) is 5.82 Å². The molecule has 5 rings (SSSR count). The Labute approximate surface area is 173 Å². The first-order valence-electron chi connectivity index (χ1n) is 9.67. The molecule has 3 aromatic rings. The van der Waals surface area contributed by atoms with Crippen LogP contribution in [0.25, 0.3) is 0 Å². The van der Waals surface area contributed by atoms with Crippen molar-refractivity contribution in [1.29, 1.82) is 0 Å². The fourth-order valence-corrected chi connectivity index (χ4v) is 4.47. The Morgan fingerprint density at radius 2 is 1.38 bits per heavy atom. The number of aliphatic hydroxyl groups is 2. The SMILES string of the molecule is O[C@@H]1Cc2ccccc2[C@@H]1Nc1ncc(Cl)c(N[C@H]2c3ccccc3C[C@H]2O)n1. The molecule has 6 nitrogen and oxygen atoms in total. The summed E-state index contributed by atoms with van der Waals surface area (Å²) in [7, 11) is 0. The maximum atomic E-state index is 10.5. The summed E-state index contributed by atoms with van der Waals surface area (Å²) < 4.78 is 0. The molecule has 0 fully saturated rings. The van der Waals surface area contributed by atoms with Gasteiger partial charge in [0.25, 0.3) is 0 Å². The van der Waals surface area contributed by atoms with Gasteiger partial charge in [-0.1, -0.05) is 60.1 Å². The number of aliphatic hydroxyl groups excluding tert-OH is 2. The van der Waals surface area contributed by atoms with Crippen LogP contribution in [0.5, 0.6) is 0 Å². The molecule has 1 heterocycles. The van der Waals surface area contributed by atoms with Crippen LogP contribution in [0.4, 0.5) is 11.8 Å². The zero-order chi connectivity index (χ0) is 20.0. The molecule has 0 saturated carbocycles. The van der Waals surface area contributed by atoms with Gasteiger partial charge in [-0.3, -0.25) is 0 Å². The van der Waals surface area contributed by atoms with Crippen molar-refractivity contribution >= 4 is 23.4 Å². The molecule has 0 unspecified atom stereocenters. The Morgan fingerprint density at radius 1 is 0.828 bits per heavy atom. The normalized spacial score (nSPS) is 24.8. The van der Waals surface area contributed by atoms with Crippen molar-refractivity contribution in [3.05, 3.63) is 82.0 Å². The third-order valence-electron chi connectivity index (χ3n) is 5.73. The van der Waals surface area contributed by atoms with Crippen LogP contribution in [0.3, 0.4) is 0 Å². The van der Waals surface area contributed by atoms with E-state index >= 15 is 0 Å². The van der Waals surface area contributed by atoms with Crippen molar-refractivity contribution in [3.63, 3.8) is 0 Å². The Kier molecular flexibility index (Phi) is 4.62. The molecule has 0 aliphatic heterocycles. The maximum absolute atomic E-state index is 10.5. The first-order valence-corrected chi connectivity index (χ1v) is 10.1. The number of hydrogen-bond acceptors (Lipinski definition) is 6. The number of rotatable bonds is 4. The van der Waals surface area contributed by atoms with Crippen LogP contribution in [0, 0.1) is 0 Å². The van der Waals surface area contributed by atoms with Crippen LogP contribution in [-0.4, -0.2) is 32.4 Å². The summed E-state index contributed by atoms with van der Waals surface area (Å²) in [5.74, 6) is 0.823. The number of aromatic nitrogens is 2. The molecule has 0 saturated heterocycles. The molecule has 148 valence electrons. The van der Waals surface area contributed by atoms with E-state index < -0.39 is 12.2 Å². The van der Waals surface area contributed by atoms with Crippen molar-refractivity contribution in [3.8, 4) is 0 Å². The van der Waals surface area contributed by atoms with E-state index in [-0.39, 0.29) is 12.1 Å². The molecule has 4 atom stereocenters. The van der Waals surface area contributed by atoms with Gasteiger partial charge in [-0.15, -0.1) is 0 Å². The van der Waals surface area contributed by atoms with E-state index in [9.17, 15) is 10.2 Å². The predicted octanol–water partition coefficient (Wildman–Crippen LogP) is 3.27. The first kappa shape index (κ1) is 18.4. The largest absolute Gasteiger partial charge is 0.390 e. The van der Waals surface area contributed by atoms with Crippen molar-refractivity contribution in [1.82, 2.24) is 9.97 Å². The number of hydrogen-bond donors (Lipinski definition) is 4. The third-order valence-corrected chi connectivity index (χ3v) is 6.01. The van der Waals surface area contributed by atoms with E-state index in [1.54, 1.807) is 0 Å². The van der Waals surface area contributed by atoms with E-state index in [1.165, 1.54) is 6.20 Å². The molecule has 1 aromatic heterocycles. The number of nitrogens with one attached hydrogen (secondary N) is 2. The van der Waals surface area contributed by atoms with Crippen LogP contribution in [0.1, 0.15) is 34.3 Å². The minimum atomic E-state index is -0.557. The van der Waals surface area contributed by atoms with Gasteiger partial charge < -0.3 is 20.8 Å². The predicted molar refractivity (Wildman–Crippen MR) is 112 cm³/mol. The standard InChI is InChI=1S/C22H21ClN4O2/c23-16-11-24-22(26-20-15-8-4-2-6-13(15)10-18(20)29)27-21(16)25-19-14-7-3-1-5-12(14)9-17(19)28/h1-8,11,17-20,28-29H,9-10H2,(H2,24,25,26,27)/t17-,18-,19+,20+/m1/s1. The van der Waals surface area contributed by atoms with Gasteiger partial charge in [-0.2, -0.15) is 4.98 Å². The van der Waals surface area contributed by atoms with Gasteiger partial charge in [-0.25, -0.2) is 4.98 Å². The smallest absolute Gasteiger partial charge is 0.225 e. The Bertz CT molecular complexity index is 1060. The molecule has 0 spiro atoms. The quantitative estimate of drug-likeness (QED) is 0.529. The summed E-state index contributed by atoms with van der Waals surface area (Å²) in [5, 5.41) is 27.9. The topological polar surface area (TPSA) is 90.3 Å². The van der Waals surface area contributed by atoms with Gasteiger partial charge in [0, 0.05) is 12.8 Å². The number of benzene rings is 2. The lowest BCUT2D eigenvalue weighted by Crippen LogP contribution is -2.24. The molecule has 0 radical (unpaired) electrons. The molecule has 2 aromatic carbocycles. The van der Waals surface area contributed by atoms with Crippen molar-refractivity contribution in [2.45, 2.75) is 37.1 Å². The Hall–Kier alpha value is -2.67. The second-order valence-electron chi connectivity index (χ2n) is 7.57. The zero-order valence-electron chi connectivity index (χ0n) is 15.6. The van der Waals surface area contributed by atoms with E-state index in [2.05, 4.69) is 20.6 Å². The van der Waals surface area contributed by atoms with E-state index in [4.69, 9.17) is 11.6 Å². The highest BCUT2D eigenvalue weighted by Gasteiger charge is 2.33. The van der Waals surface area contributed by atoms with Crippen LogP contribution < -0.4 is 10.6 Å². The van der Waals surface area contributed by atoms with E-state index in [0.717, 1.165) is 22.3 Å². The highest BCUT2D eigenvalue weighted by molar-refractivity contribution is 6.32. The summed E-state index contributed by atoms with van der Waals surface area (Å²) in [5.41, 5.74) is 4.33. The molecule has 29 heavy (non-hydrogen) atoms. The van der Waals surface area contributed by atoms with Crippen LogP contribution >= 0.6 is 11.6 Å². The van der Waals surface area contributed by atoms with E-state index in [0.29, 0.717) is 29.6 Å². The molecule has 2 aliphatic carbocycles. The summed E-state index contributed by atoms with van der Waals surface area (Å²) in [6.07, 6.45) is 1.61. The monoisotopic (exact) mass is 408 g/mol. The number of halogens is 1. The lowest BCUT2D eigenvalue weighted by molar-refractivity contribution is 0.165. The summed E-state index contributed by atoms with van der Waals surface area (Å²) in [6.45, 7) is 0. The minimum Gasteiger partial charge on any atom is -0.390 e. The van der Waals surface area contributed by atoms with Gasteiger partial charge in [0.05, 0.1) is 30.5 Å². The fraction of sp³-hybridized carbons (Fsp3) is 0.273. The minimum absolute atomic E-state index is 0.280. The Morgan fingerprint density at radius 3 is 2.00 bits per heavy atom. The maximum Gasteiger partial charge on any atom is 0.225 e. The van der Waals surface area contributed by atoms with Crippen LogP contribution in [0.15, 0.2) is 54.7 Å². The van der Waals surface area contributed by atoms with Crippen molar-refractivity contribution in [2.24, 2.45) is 0 Å². The Balaban J connectivity index is 1.40. The van der Waals surface area contributed by atoms with E-state index in [1.807, 2.05) is 48.5 Å². The summed E-state index contributed by atoms with van der Waals surface area (Å²) >= 11 is 6.33. The average molecular weight is 409 g/mol. The second-order valence-corrected chi connectivity index (χ2v) is 7.98. The molecule has 2 aliphatic rings. The molecular weight excluding hydrogens is 388 g/mol. The zero-order valence-corrected chi connectivity index (χ0v) is 16.3. The lowest BCUT2D eigenvalue weighted by atomic mass is 10.1. The molecular formula is C22H21ClN4O2. The number of anilines is 2.